The van der Waals surface area contributed by atoms with Crippen LogP contribution >= 0.6 is 0 Å². The molecule has 0 aliphatic rings. The lowest BCUT2D eigenvalue weighted by atomic mass is 10.1. The standard InChI is InChI=1S/C16H13FN6O2/c17-7-10(8-18)9-22-16(24)23-14(2-1-3-15(23)19-22)11-4-5-12-13(6-11)21-25-20-12/h1-7H,8-9,18H2/b10-7+. The molecule has 1 aromatic carbocycles. The maximum absolute atomic E-state index is 12.8. The van der Waals surface area contributed by atoms with E-state index in [4.69, 9.17) is 10.4 Å². The molecule has 4 aromatic rings. The summed E-state index contributed by atoms with van der Waals surface area (Å²) in [6.07, 6.45) is 0.406. The van der Waals surface area contributed by atoms with Crippen molar-refractivity contribution in [2.24, 2.45) is 5.73 Å². The number of nitrogens with zero attached hydrogens (tertiary/aromatic N) is 5. The quantitative estimate of drug-likeness (QED) is 0.604. The third kappa shape index (κ3) is 2.50. The highest BCUT2D eigenvalue weighted by Crippen LogP contribution is 2.22. The number of hydrogen-bond donors (Lipinski definition) is 1. The Kier molecular flexibility index (Phi) is 3.62. The van der Waals surface area contributed by atoms with Crippen molar-refractivity contribution in [3.8, 4) is 11.3 Å². The number of aromatic nitrogens is 5. The van der Waals surface area contributed by atoms with Gasteiger partial charge in [-0.3, -0.25) is 0 Å². The first-order valence-corrected chi connectivity index (χ1v) is 7.51. The lowest BCUT2D eigenvalue weighted by molar-refractivity contribution is 0.315. The number of benzene rings is 1. The molecular formula is C16H13FN6O2. The second-order valence-electron chi connectivity index (χ2n) is 5.48. The number of halogens is 1. The molecule has 0 saturated heterocycles. The van der Waals surface area contributed by atoms with Gasteiger partial charge < -0.3 is 5.73 Å². The van der Waals surface area contributed by atoms with Crippen LogP contribution < -0.4 is 11.4 Å². The van der Waals surface area contributed by atoms with E-state index in [-0.39, 0.29) is 24.4 Å². The summed E-state index contributed by atoms with van der Waals surface area (Å²) in [4.78, 5) is 12.7. The van der Waals surface area contributed by atoms with E-state index >= 15 is 0 Å². The first-order chi connectivity index (χ1) is 12.2. The van der Waals surface area contributed by atoms with E-state index in [1.807, 2.05) is 6.07 Å². The smallest absolute Gasteiger partial charge is 0.327 e. The van der Waals surface area contributed by atoms with Crippen LogP contribution in [0.15, 0.2) is 57.7 Å². The minimum absolute atomic E-state index is 0.000799. The Morgan fingerprint density at radius 2 is 2.08 bits per heavy atom. The van der Waals surface area contributed by atoms with Gasteiger partial charge in [-0.1, -0.05) is 12.1 Å². The highest BCUT2D eigenvalue weighted by Gasteiger charge is 2.13. The minimum Gasteiger partial charge on any atom is -0.327 e. The van der Waals surface area contributed by atoms with Gasteiger partial charge in [0.05, 0.1) is 18.6 Å². The van der Waals surface area contributed by atoms with Crippen molar-refractivity contribution in [1.82, 2.24) is 24.5 Å². The number of fused-ring (bicyclic) bond motifs is 2. The second kappa shape index (κ2) is 5.95. The molecule has 2 N–H and O–H groups in total. The molecule has 0 atom stereocenters. The lowest BCUT2D eigenvalue weighted by Crippen LogP contribution is -2.24. The highest BCUT2D eigenvalue weighted by molar-refractivity contribution is 5.80. The van der Waals surface area contributed by atoms with Crippen molar-refractivity contribution in [3.05, 3.63) is 58.8 Å². The lowest BCUT2D eigenvalue weighted by Gasteiger charge is -2.03. The van der Waals surface area contributed by atoms with Gasteiger partial charge in [0.25, 0.3) is 0 Å². The van der Waals surface area contributed by atoms with Gasteiger partial charge in [0.15, 0.2) is 5.65 Å². The summed E-state index contributed by atoms with van der Waals surface area (Å²) < 4.78 is 20.1. The fourth-order valence-electron chi connectivity index (χ4n) is 2.66. The van der Waals surface area contributed by atoms with Crippen LogP contribution in [0, 0.1) is 0 Å². The van der Waals surface area contributed by atoms with Crippen LogP contribution in [0.5, 0.6) is 0 Å². The summed E-state index contributed by atoms with van der Waals surface area (Å²) in [5, 5.41) is 11.8. The van der Waals surface area contributed by atoms with Gasteiger partial charge in [0.2, 0.25) is 0 Å². The number of nitrogens with two attached hydrogens (primary N) is 1. The number of rotatable bonds is 4. The summed E-state index contributed by atoms with van der Waals surface area (Å²) in [5.41, 5.74) is 8.42. The van der Waals surface area contributed by atoms with Crippen molar-refractivity contribution in [1.29, 1.82) is 0 Å². The monoisotopic (exact) mass is 340 g/mol. The predicted octanol–water partition coefficient (Wildman–Crippen LogP) is 1.51. The molecule has 0 amide bonds. The van der Waals surface area contributed by atoms with Gasteiger partial charge in [-0.05, 0) is 40.2 Å². The molecular weight excluding hydrogens is 327 g/mol. The van der Waals surface area contributed by atoms with Gasteiger partial charge >= 0.3 is 5.69 Å². The maximum atomic E-state index is 12.8. The van der Waals surface area contributed by atoms with Gasteiger partial charge in [-0.15, -0.1) is 5.10 Å². The van der Waals surface area contributed by atoms with Crippen LogP contribution in [0.3, 0.4) is 0 Å². The Morgan fingerprint density at radius 1 is 1.24 bits per heavy atom. The molecule has 126 valence electrons. The van der Waals surface area contributed by atoms with Crippen LogP contribution in [0.4, 0.5) is 4.39 Å². The topological polar surface area (TPSA) is 104 Å². The molecule has 3 heterocycles. The van der Waals surface area contributed by atoms with E-state index in [0.717, 1.165) is 5.56 Å². The SMILES string of the molecule is NC/C(=C\F)Cn1nc2cccc(-c3ccc4nonc4c3)n2c1=O. The summed E-state index contributed by atoms with van der Waals surface area (Å²) >= 11 is 0. The Hall–Kier alpha value is -3.33. The molecule has 0 bridgehead atoms. The van der Waals surface area contributed by atoms with Crippen LogP contribution in [0.25, 0.3) is 27.9 Å². The van der Waals surface area contributed by atoms with E-state index in [1.54, 1.807) is 30.3 Å². The Balaban J connectivity index is 1.90. The van der Waals surface area contributed by atoms with Crippen LogP contribution in [0.1, 0.15) is 0 Å². The highest BCUT2D eigenvalue weighted by atomic mass is 19.1. The van der Waals surface area contributed by atoms with Crippen LogP contribution in [-0.4, -0.2) is 31.0 Å². The maximum Gasteiger partial charge on any atom is 0.351 e. The fourth-order valence-corrected chi connectivity index (χ4v) is 2.66. The predicted molar refractivity (Wildman–Crippen MR) is 88.5 cm³/mol. The average molecular weight is 340 g/mol. The third-order valence-electron chi connectivity index (χ3n) is 3.92. The van der Waals surface area contributed by atoms with Crippen molar-refractivity contribution in [2.75, 3.05) is 6.54 Å². The van der Waals surface area contributed by atoms with E-state index < -0.39 is 0 Å². The Bertz CT molecular complexity index is 1160. The second-order valence-corrected chi connectivity index (χ2v) is 5.48. The van der Waals surface area contributed by atoms with Gasteiger partial charge in [0, 0.05) is 12.1 Å². The number of pyridine rings is 1. The molecule has 8 nitrogen and oxygen atoms in total. The Morgan fingerprint density at radius 3 is 2.88 bits per heavy atom. The Labute approximate surface area is 139 Å². The van der Waals surface area contributed by atoms with Crippen molar-refractivity contribution in [3.63, 3.8) is 0 Å². The van der Waals surface area contributed by atoms with E-state index in [1.165, 1.54) is 9.08 Å². The zero-order valence-electron chi connectivity index (χ0n) is 13.0. The molecule has 0 aliphatic carbocycles. The van der Waals surface area contributed by atoms with Gasteiger partial charge in [0.1, 0.15) is 11.0 Å². The largest absolute Gasteiger partial charge is 0.351 e. The summed E-state index contributed by atoms with van der Waals surface area (Å²) in [5.74, 6) is 0. The summed E-state index contributed by atoms with van der Waals surface area (Å²) in [6.45, 7) is 0.0126. The van der Waals surface area contributed by atoms with Crippen molar-refractivity contribution < 1.29 is 9.02 Å². The average Bonchev–Trinajstić information content (AvgIpc) is 3.23. The summed E-state index contributed by atoms with van der Waals surface area (Å²) in [6, 6.07) is 10.6. The van der Waals surface area contributed by atoms with Gasteiger partial charge in [-0.25, -0.2) is 22.9 Å². The first-order valence-electron chi connectivity index (χ1n) is 7.51. The zero-order valence-corrected chi connectivity index (χ0v) is 13.0. The molecule has 25 heavy (non-hydrogen) atoms. The molecule has 0 saturated carbocycles. The van der Waals surface area contributed by atoms with Crippen LogP contribution in [0.2, 0.25) is 0 Å². The number of hydrogen-bond acceptors (Lipinski definition) is 6. The van der Waals surface area contributed by atoms with Crippen molar-refractivity contribution in [2.45, 2.75) is 6.54 Å². The molecule has 3 aromatic heterocycles. The summed E-state index contributed by atoms with van der Waals surface area (Å²) in [7, 11) is 0. The molecule has 0 aliphatic heterocycles. The first kappa shape index (κ1) is 15.2. The minimum atomic E-state index is -0.378. The zero-order chi connectivity index (χ0) is 17.4. The van der Waals surface area contributed by atoms with Crippen LogP contribution in [-0.2, 0) is 6.54 Å². The molecule has 4 rings (SSSR count). The molecule has 9 heteroatoms. The molecule has 0 spiro atoms. The third-order valence-corrected chi connectivity index (χ3v) is 3.92. The van der Waals surface area contributed by atoms with E-state index in [2.05, 4.69) is 15.4 Å². The fraction of sp³-hybridized carbons (Fsp3) is 0.125. The van der Waals surface area contributed by atoms with Crippen molar-refractivity contribution >= 4 is 16.7 Å². The molecule has 0 radical (unpaired) electrons. The molecule has 0 fully saturated rings. The van der Waals surface area contributed by atoms with E-state index in [9.17, 15) is 9.18 Å². The normalized spacial score (nSPS) is 12.3. The van der Waals surface area contributed by atoms with E-state index in [0.29, 0.717) is 28.7 Å². The molecule has 0 unspecified atom stereocenters. The van der Waals surface area contributed by atoms with Gasteiger partial charge in [-0.2, -0.15) is 0 Å².